The Labute approximate surface area is 119 Å². The van der Waals surface area contributed by atoms with E-state index >= 15 is 0 Å². The predicted octanol–water partition coefficient (Wildman–Crippen LogP) is 3.30. The third kappa shape index (κ3) is 2.88. The van der Waals surface area contributed by atoms with Crippen LogP contribution in [0.2, 0.25) is 0 Å². The lowest BCUT2D eigenvalue weighted by Gasteiger charge is -2.09. The summed E-state index contributed by atoms with van der Waals surface area (Å²) in [5.41, 5.74) is 7.79. The minimum atomic E-state index is -0.304. The number of hydrogen-bond donors (Lipinski definition) is 3. The number of amides is 1. The summed E-state index contributed by atoms with van der Waals surface area (Å²) in [4.78, 5) is 12.1. The van der Waals surface area contributed by atoms with Gasteiger partial charge in [-0.25, -0.2) is 0 Å². The number of hydrogen-bond acceptors (Lipinski definition) is 3. The van der Waals surface area contributed by atoms with Gasteiger partial charge in [0.2, 0.25) is 0 Å². The number of rotatable bonds is 2. The lowest BCUT2D eigenvalue weighted by molar-refractivity contribution is 0.102. The Morgan fingerprint density at radius 2 is 2.05 bits per heavy atom. The van der Waals surface area contributed by atoms with E-state index in [1.165, 1.54) is 12.1 Å². The second-order valence-corrected chi connectivity index (χ2v) is 4.96. The maximum absolute atomic E-state index is 12.1. The van der Waals surface area contributed by atoms with Crippen molar-refractivity contribution in [2.75, 3.05) is 11.1 Å². The van der Waals surface area contributed by atoms with Crippen molar-refractivity contribution in [3.05, 3.63) is 52.0 Å². The van der Waals surface area contributed by atoms with Gasteiger partial charge in [-0.05, 0) is 52.7 Å². The average Bonchev–Trinajstić information content (AvgIpc) is 2.38. The number of nitrogens with one attached hydrogen (secondary N) is 1. The van der Waals surface area contributed by atoms with Gasteiger partial charge in [0, 0.05) is 10.0 Å². The summed E-state index contributed by atoms with van der Waals surface area (Å²) in [5, 5.41) is 12.3. The summed E-state index contributed by atoms with van der Waals surface area (Å²) in [6, 6.07) is 10.00. The van der Waals surface area contributed by atoms with Crippen LogP contribution < -0.4 is 11.1 Å². The van der Waals surface area contributed by atoms with Crippen LogP contribution in [0.3, 0.4) is 0 Å². The fourth-order valence-electron chi connectivity index (χ4n) is 1.62. The van der Waals surface area contributed by atoms with E-state index in [4.69, 9.17) is 5.73 Å². The van der Waals surface area contributed by atoms with Crippen molar-refractivity contribution in [2.24, 2.45) is 0 Å². The largest absolute Gasteiger partial charge is 0.506 e. The molecule has 98 valence electrons. The maximum atomic E-state index is 12.1. The summed E-state index contributed by atoms with van der Waals surface area (Å²) in [6.45, 7) is 1.94. The molecule has 0 radical (unpaired) electrons. The van der Waals surface area contributed by atoms with Crippen molar-refractivity contribution >= 4 is 33.2 Å². The fraction of sp³-hybridized carbons (Fsp3) is 0.0714. The number of carbonyl (C=O) groups is 1. The van der Waals surface area contributed by atoms with Gasteiger partial charge in [0.15, 0.2) is 0 Å². The van der Waals surface area contributed by atoms with Crippen molar-refractivity contribution < 1.29 is 9.90 Å². The van der Waals surface area contributed by atoms with Crippen molar-refractivity contribution in [2.45, 2.75) is 6.92 Å². The highest BCUT2D eigenvalue weighted by Gasteiger charge is 2.10. The number of phenolic OH excluding ortho intramolecular Hbond substituents is 1. The van der Waals surface area contributed by atoms with Crippen LogP contribution in [0, 0.1) is 6.92 Å². The first-order chi connectivity index (χ1) is 8.99. The molecule has 0 saturated heterocycles. The Bertz CT molecular complexity index is 641. The molecule has 1 amide bonds. The Balaban J connectivity index is 2.26. The van der Waals surface area contributed by atoms with Gasteiger partial charge in [0.05, 0.1) is 11.4 Å². The van der Waals surface area contributed by atoms with Gasteiger partial charge >= 0.3 is 0 Å². The van der Waals surface area contributed by atoms with Crippen LogP contribution in [0.25, 0.3) is 0 Å². The molecule has 0 aromatic heterocycles. The molecule has 0 heterocycles. The molecule has 5 heteroatoms. The molecule has 2 aromatic rings. The second kappa shape index (κ2) is 5.32. The predicted molar refractivity (Wildman–Crippen MR) is 79.4 cm³/mol. The van der Waals surface area contributed by atoms with Crippen LogP contribution in [0.4, 0.5) is 11.4 Å². The molecule has 0 aliphatic carbocycles. The maximum Gasteiger partial charge on any atom is 0.255 e. The quantitative estimate of drug-likeness (QED) is 0.587. The number of nitrogen functional groups attached to an aromatic ring is 1. The average molecular weight is 321 g/mol. The van der Waals surface area contributed by atoms with E-state index < -0.39 is 0 Å². The first-order valence-electron chi connectivity index (χ1n) is 5.64. The van der Waals surface area contributed by atoms with Gasteiger partial charge in [-0.15, -0.1) is 0 Å². The van der Waals surface area contributed by atoms with Crippen LogP contribution in [0.1, 0.15) is 15.9 Å². The molecule has 0 aliphatic rings. The number of aryl methyl sites for hydroxylation is 1. The summed E-state index contributed by atoms with van der Waals surface area (Å²) in [5.74, 6) is -0.405. The van der Waals surface area contributed by atoms with Crippen LogP contribution in [-0.4, -0.2) is 11.0 Å². The summed E-state index contributed by atoms with van der Waals surface area (Å²) in [7, 11) is 0. The first kappa shape index (κ1) is 13.4. The Kier molecular flexibility index (Phi) is 3.76. The highest BCUT2D eigenvalue weighted by Crippen LogP contribution is 2.27. The fourth-order valence-corrected chi connectivity index (χ4v) is 1.99. The molecular formula is C14H13BrN2O2. The second-order valence-electron chi connectivity index (χ2n) is 4.16. The monoisotopic (exact) mass is 320 g/mol. The molecule has 0 unspecified atom stereocenters. The zero-order valence-electron chi connectivity index (χ0n) is 10.3. The van der Waals surface area contributed by atoms with Crippen molar-refractivity contribution in [1.29, 1.82) is 0 Å². The Hall–Kier alpha value is -2.01. The van der Waals surface area contributed by atoms with Gasteiger partial charge in [0.1, 0.15) is 5.75 Å². The van der Waals surface area contributed by atoms with Gasteiger partial charge in [-0.3, -0.25) is 4.79 Å². The van der Waals surface area contributed by atoms with Gasteiger partial charge < -0.3 is 16.2 Å². The molecule has 0 aliphatic heterocycles. The molecule has 2 aromatic carbocycles. The number of benzene rings is 2. The minimum Gasteiger partial charge on any atom is -0.506 e. The zero-order chi connectivity index (χ0) is 14.0. The number of aromatic hydroxyl groups is 1. The molecule has 0 spiro atoms. The number of phenols is 1. The van der Waals surface area contributed by atoms with Gasteiger partial charge in [-0.1, -0.05) is 12.1 Å². The highest BCUT2D eigenvalue weighted by atomic mass is 79.9. The number of nitrogens with two attached hydrogens (primary N) is 1. The van der Waals surface area contributed by atoms with Crippen molar-refractivity contribution in [3.63, 3.8) is 0 Å². The number of anilines is 2. The van der Waals surface area contributed by atoms with E-state index in [2.05, 4.69) is 21.2 Å². The summed E-state index contributed by atoms with van der Waals surface area (Å²) in [6.07, 6.45) is 0. The van der Waals surface area contributed by atoms with Gasteiger partial charge in [0.25, 0.3) is 5.91 Å². The van der Waals surface area contributed by atoms with Crippen molar-refractivity contribution in [1.82, 2.24) is 0 Å². The SMILES string of the molecule is Cc1cccc(NC(=O)c2ccc(N)c(O)c2)c1Br. The minimum absolute atomic E-state index is 0.101. The zero-order valence-corrected chi connectivity index (χ0v) is 11.9. The smallest absolute Gasteiger partial charge is 0.255 e. The van der Waals surface area contributed by atoms with E-state index in [1.807, 2.05) is 19.1 Å². The number of halogens is 1. The third-order valence-corrected chi connectivity index (χ3v) is 3.79. The van der Waals surface area contributed by atoms with Crippen LogP contribution in [0.5, 0.6) is 5.75 Å². The molecule has 0 fully saturated rings. The highest BCUT2D eigenvalue weighted by molar-refractivity contribution is 9.10. The molecule has 0 atom stereocenters. The van der Waals surface area contributed by atoms with Crippen LogP contribution in [-0.2, 0) is 0 Å². The number of carbonyl (C=O) groups excluding carboxylic acids is 1. The molecule has 2 rings (SSSR count). The Morgan fingerprint density at radius 1 is 1.32 bits per heavy atom. The van der Waals surface area contributed by atoms with Crippen molar-refractivity contribution in [3.8, 4) is 5.75 Å². The normalized spacial score (nSPS) is 10.2. The molecule has 0 saturated carbocycles. The lowest BCUT2D eigenvalue weighted by Crippen LogP contribution is -2.12. The van der Waals surface area contributed by atoms with E-state index in [0.29, 0.717) is 11.3 Å². The standard InChI is InChI=1S/C14H13BrN2O2/c1-8-3-2-4-11(13(8)15)17-14(19)9-5-6-10(16)12(18)7-9/h2-7,18H,16H2,1H3,(H,17,19). The molecular weight excluding hydrogens is 308 g/mol. The molecule has 0 bridgehead atoms. The van der Waals surface area contributed by atoms with Crippen LogP contribution >= 0.6 is 15.9 Å². The third-order valence-electron chi connectivity index (χ3n) is 2.73. The first-order valence-corrected chi connectivity index (χ1v) is 6.43. The van der Waals surface area contributed by atoms with Gasteiger partial charge in [-0.2, -0.15) is 0 Å². The van der Waals surface area contributed by atoms with Crippen LogP contribution in [0.15, 0.2) is 40.9 Å². The van der Waals surface area contributed by atoms with E-state index in [9.17, 15) is 9.90 Å². The van der Waals surface area contributed by atoms with E-state index in [1.54, 1.807) is 12.1 Å². The molecule has 19 heavy (non-hydrogen) atoms. The molecule has 4 nitrogen and oxygen atoms in total. The summed E-state index contributed by atoms with van der Waals surface area (Å²) >= 11 is 3.42. The molecule has 4 N–H and O–H groups in total. The summed E-state index contributed by atoms with van der Waals surface area (Å²) < 4.78 is 0.836. The van der Waals surface area contributed by atoms with E-state index in [0.717, 1.165) is 10.0 Å². The Morgan fingerprint density at radius 3 is 2.74 bits per heavy atom. The topological polar surface area (TPSA) is 75.4 Å². The van der Waals surface area contributed by atoms with E-state index in [-0.39, 0.29) is 17.3 Å². The lowest BCUT2D eigenvalue weighted by atomic mass is 10.1.